The van der Waals surface area contributed by atoms with E-state index in [9.17, 15) is 4.39 Å². The minimum absolute atomic E-state index is 0.258. The zero-order chi connectivity index (χ0) is 12.3. The predicted octanol–water partition coefficient (Wildman–Crippen LogP) is 5.15. The number of hydrogen-bond donors (Lipinski definition) is 0. The maximum atomic E-state index is 13.5. The minimum atomic E-state index is -0.348. The summed E-state index contributed by atoms with van der Waals surface area (Å²) in [5, 5.41) is 7.88. The Morgan fingerprint density at radius 1 is 1.00 bits per heavy atom. The van der Waals surface area contributed by atoms with Crippen LogP contribution in [0.1, 0.15) is 5.56 Å². The molecular weight excluding hydrogens is 330 g/mol. The van der Waals surface area contributed by atoms with Crippen LogP contribution in [-0.2, 0) is 0 Å². The Bertz CT molecular complexity index is 550. The fourth-order valence-electron chi connectivity index (χ4n) is 1.31. The van der Waals surface area contributed by atoms with E-state index in [0.29, 0.717) is 5.69 Å². The van der Waals surface area contributed by atoms with E-state index < -0.39 is 0 Å². The first-order chi connectivity index (χ1) is 8.15. The van der Waals surface area contributed by atoms with E-state index in [0.717, 1.165) is 9.13 Å². The molecule has 17 heavy (non-hydrogen) atoms. The molecule has 0 aromatic heterocycles. The molecule has 2 aromatic rings. The van der Waals surface area contributed by atoms with Gasteiger partial charge in [0.1, 0.15) is 5.69 Å². The fraction of sp³-hybridized carbons (Fsp3) is 0.0769. The highest BCUT2D eigenvalue weighted by molar-refractivity contribution is 14.1. The van der Waals surface area contributed by atoms with Gasteiger partial charge < -0.3 is 0 Å². The van der Waals surface area contributed by atoms with E-state index in [1.165, 1.54) is 6.07 Å². The maximum Gasteiger partial charge on any atom is 0.150 e. The second-order valence-corrected chi connectivity index (χ2v) is 4.88. The molecule has 0 aliphatic carbocycles. The third kappa shape index (κ3) is 3.33. The van der Waals surface area contributed by atoms with Gasteiger partial charge in [0.2, 0.25) is 0 Å². The van der Waals surface area contributed by atoms with E-state index >= 15 is 0 Å². The molecule has 0 amide bonds. The first kappa shape index (κ1) is 12.2. The minimum Gasteiger partial charge on any atom is -0.205 e. The number of benzene rings is 2. The summed E-state index contributed by atoms with van der Waals surface area (Å²) in [4.78, 5) is 0. The van der Waals surface area contributed by atoms with Gasteiger partial charge in [0.15, 0.2) is 5.82 Å². The largest absolute Gasteiger partial charge is 0.205 e. The van der Waals surface area contributed by atoms with Crippen LogP contribution in [0.25, 0.3) is 0 Å². The van der Waals surface area contributed by atoms with Gasteiger partial charge in [-0.05, 0) is 71.5 Å². The van der Waals surface area contributed by atoms with Gasteiger partial charge in [0, 0.05) is 3.57 Å². The van der Waals surface area contributed by atoms with Crippen molar-refractivity contribution in [3.05, 3.63) is 57.4 Å². The number of halogens is 2. The van der Waals surface area contributed by atoms with Crippen molar-refractivity contribution in [2.45, 2.75) is 6.92 Å². The molecule has 0 N–H and O–H groups in total. The molecule has 0 heterocycles. The summed E-state index contributed by atoms with van der Waals surface area (Å²) < 4.78 is 14.6. The summed E-state index contributed by atoms with van der Waals surface area (Å²) in [6.07, 6.45) is 0. The molecule has 0 saturated carbocycles. The summed E-state index contributed by atoms with van der Waals surface area (Å²) in [5.74, 6) is -0.348. The molecule has 0 atom stereocenters. The SMILES string of the molecule is Cc1ccc(N=Nc2ccc(I)cc2)c(F)c1. The molecule has 2 rings (SSSR count). The first-order valence-corrected chi connectivity index (χ1v) is 6.16. The van der Waals surface area contributed by atoms with Gasteiger partial charge in [0.05, 0.1) is 5.69 Å². The van der Waals surface area contributed by atoms with Gasteiger partial charge in [-0.25, -0.2) is 4.39 Å². The highest BCUT2D eigenvalue weighted by Gasteiger charge is 2.00. The van der Waals surface area contributed by atoms with Crippen molar-refractivity contribution in [1.29, 1.82) is 0 Å². The number of nitrogens with zero attached hydrogens (tertiary/aromatic N) is 2. The van der Waals surface area contributed by atoms with Gasteiger partial charge in [-0.1, -0.05) is 6.07 Å². The topological polar surface area (TPSA) is 24.7 Å². The molecule has 0 spiro atoms. The van der Waals surface area contributed by atoms with Crippen LogP contribution in [0, 0.1) is 16.3 Å². The van der Waals surface area contributed by atoms with Gasteiger partial charge in [-0.15, -0.1) is 5.11 Å². The smallest absolute Gasteiger partial charge is 0.150 e. The Labute approximate surface area is 113 Å². The van der Waals surface area contributed by atoms with Crippen LogP contribution in [0.5, 0.6) is 0 Å². The fourth-order valence-corrected chi connectivity index (χ4v) is 1.67. The Kier molecular flexibility index (Phi) is 3.83. The Hall–Kier alpha value is -1.30. The number of rotatable bonds is 2. The normalized spacial score (nSPS) is 11.0. The molecule has 0 saturated heterocycles. The van der Waals surface area contributed by atoms with Crippen LogP contribution in [0.15, 0.2) is 52.7 Å². The predicted molar refractivity (Wildman–Crippen MR) is 74.5 cm³/mol. The number of azo groups is 1. The van der Waals surface area contributed by atoms with Crippen molar-refractivity contribution in [2.75, 3.05) is 0 Å². The van der Waals surface area contributed by atoms with Gasteiger partial charge in [-0.2, -0.15) is 5.11 Å². The second kappa shape index (κ2) is 5.35. The summed E-state index contributed by atoms with van der Waals surface area (Å²) in [5.41, 5.74) is 1.84. The highest BCUT2D eigenvalue weighted by atomic mass is 127. The lowest BCUT2D eigenvalue weighted by atomic mass is 10.2. The maximum absolute atomic E-state index is 13.5. The molecule has 0 radical (unpaired) electrons. The van der Waals surface area contributed by atoms with Crippen molar-refractivity contribution in [3.63, 3.8) is 0 Å². The van der Waals surface area contributed by atoms with Crippen molar-refractivity contribution in [1.82, 2.24) is 0 Å². The van der Waals surface area contributed by atoms with Crippen molar-refractivity contribution in [3.8, 4) is 0 Å². The quantitative estimate of drug-likeness (QED) is 0.533. The summed E-state index contributed by atoms with van der Waals surface area (Å²) in [6, 6.07) is 12.4. The monoisotopic (exact) mass is 340 g/mol. The first-order valence-electron chi connectivity index (χ1n) is 5.08. The van der Waals surface area contributed by atoms with Crippen LogP contribution < -0.4 is 0 Å². The lowest BCUT2D eigenvalue weighted by Gasteiger charge is -1.97. The number of aryl methyl sites for hydroxylation is 1. The zero-order valence-corrected chi connectivity index (χ0v) is 11.3. The van der Waals surface area contributed by atoms with Crippen LogP contribution in [0.3, 0.4) is 0 Å². The number of hydrogen-bond acceptors (Lipinski definition) is 2. The molecule has 4 heteroatoms. The van der Waals surface area contributed by atoms with Crippen molar-refractivity contribution >= 4 is 34.0 Å². The zero-order valence-electron chi connectivity index (χ0n) is 9.19. The molecule has 2 aromatic carbocycles. The van der Waals surface area contributed by atoms with E-state index in [1.54, 1.807) is 6.07 Å². The van der Waals surface area contributed by atoms with Crippen LogP contribution in [-0.4, -0.2) is 0 Å². The summed E-state index contributed by atoms with van der Waals surface area (Å²) in [7, 11) is 0. The molecular formula is C13H10FIN2. The van der Waals surface area contributed by atoms with E-state index in [4.69, 9.17) is 0 Å². The summed E-state index contributed by atoms with van der Waals surface area (Å²) in [6.45, 7) is 1.84. The van der Waals surface area contributed by atoms with Crippen LogP contribution >= 0.6 is 22.6 Å². The molecule has 86 valence electrons. The van der Waals surface area contributed by atoms with Crippen molar-refractivity contribution in [2.24, 2.45) is 10.2 Å². The molecule has 2 nitrogen and oxygen atoms in total. The highest BCUT2D eigenvalue weighted by Crippen LogP contribution is 2.22. The Morgan fingerprint density at radius 3 is 2.35 bits per heavy atom. The molecule has 0 aliphatic rings. The molecule has 0 fully saturated rings. The molecule has 0 bridgehead atoms. The summed E-state index contributed by atoms with van der Waals surface area (Å²) >= 11 is 2.21. The Balaban J connectivity index is 2.23. The lowest BCUT2D eigenvalue weighted by Crippen LogP contribution is -1.77. The standard InChI is InChI=1S/C13H10FIN2/c1-9-2-7-13(12(14)8-9)17-16-11-5-3-10(15)4-6-11/h2-8H,1H3. The third-order valence-corrected chi connectivity index (χ3v) is 2.92. The van der Waals surface area contributed by atoms with Gasteiger partial charge >= 0.3 is 0 Å². The van der Waals surface area contributed by atoms with Crippen LogP contribution in [0.2, 0.25) is 0 Å². The van der Waals surface area contributed by atoms with Crippen LogP contribution in [0.4, 0.5) is 15.8 Å². The molecule has 0 unspecified atom stereocenters. The van der Waals surface area contributed by atoms with E-state index in [2.05, 4.69) is 32.8 Å². The van der Waals surface area contributed by atoms with Gasteiger partial charge in [-0.3, -0.25) is 0 Å². The van der Waals surface area contributed by atoms with E-state index in [1.807, 2.05) is 37.3 Å². The second-order valence-electron chi connectivity index (χ2n) is 3.63. The lowest BCUT2D eigenvalue weighted by molar-refractivity contribution is 0.627. The Morgan fingerprint density at radius 2 is 1.71 bits per heavy atom. The van der Waals surface area contributed by atoms with E-state index in [-0.39, 0.29) is 11.5 Å². The molecule has 0 aliphatic heterocycles. The average molecular weight is 340 g/mol. The van der Waals surface area contributed by atoms with Gasteiger partial charge in [0.25, 0.3) is 0 Å². The average Bonchev–Trinajstić information content (AvgIpc) is 2.30. The third-order valence-electron chi connectivity index (χ3n) is 2.20. The van der Waals surface area contributed by atoms with Crippen molar-refractivity contribution < 1.29 is 4.39 Å².